The van der Waals surface area contributed by atoms with Crippen molar-refractivity contribution in [2.24, 2.45) is 5.84 Å². The fourth-order valence-electron chi connectivity index (χ4n) is 2.01. The molecule has 0 aliphatic carbocycles. The van der Waals surface area contributed by atoms with Gasteiger partial charge in [-0.25, -0.2) is 5.43 Å². The Hall–Kier alpha value is -1.33. The van der Waals surface area contributed by atoms with Gasteiger partial charge < -0.3 is 4.74 Å². The highest BCUT2D eigenvalue weighted by Crippen LogP contribution is 2.29. The van der Waals surface area contributed by atoms with E-state index in [0.29, 0.717) is 15.8 Å². The molecule has 0 aliphatic rings. The second kappa shape index (κ2) is 7.09. The van der Waals surface area contributed by atoms with Crippen molar-refractivity contribution < 1.29 is 4.74 Å². The van der Waals surface area contributed by atoms with Crippen LogP contribution in [0.1, 0.15) is 31.0 Å². The summed E-state index contributed by atoms with van der Waals surface area (Å²) in [4.78, 5) is 4.19. The van der Waals surface area contributed by atoms with Crippen molar-refractivity contribution in [3.63, 3.8) is 0 Å². The normalized spacial score (nSPS) is 12.5. The molecule has 1 heterocycles. The van der Waals surface area contributed by atoms with E-state index in [0.717, 1.165) is 11.1 Å². The van der Waals surface area contributed by atoms with Gasteiger partial charge in [-0.2, -0.15) is 0 Å². The van der Waals surface area contributed by atoms with Gasteiger partial charge in [-0.05, 0) is 43.2 Å². The van der Waals surface area contributed by atoms with Crippen LogP contribution in [0.2, 0.25) is 10.0 Å². The van der Waals surface area contributed by atoms with Crippen LogP contribution >= 0.6 is 23.2 Å². The van der Waals surface area contributed by atoms with Crippen molar-refractivity contribution in [1.82, 2.24) is 10.4 Å². The summed E-state index contributed by atoms with van der Waals surface area (Å²) >= 11 is 12.0. The molecule has 1 aromatic carbocycles. The Bertz CT molecular complexity index is 620. The van der Waals surface area contributed by atoms with Crippen LogP contribution in [0.15, 0.2) is 36.7 Å². The first kappa shape index (κ1) is 16.0. The predicted octanol–water partition coefficient (Wildman–Crippen LogP) is 3.73. The molecule has 1 aromatic heterocycles. The van der Waals surface area contributed by atoms with E-state index in [-0.39, 0.29) is 12.1 Å². The van der Waals surface area contributed by atoms with Gasteiger partial charge in [-0.1, -0.05) is 29.3 Å². The second-order valence-corrected chi connectivity index (χ2v) is 5.71. The number of nitrogens with two attached hydrogens (primary N) is 1. The minimum atomic E-state index is -0.247. The fraction of sp³-hybridized carbons (Fsp3) is 0.267. The van der Waals surface area contributed by atoms with Crippen LogP contribution in [0.4, 0.5) is 0 Å². The molecule has 1 atom stereocenters. The molecule has 0 radical (unpaired) electrons. The van der Waals surface area contributed by atoms with Gasteiger partial charge in [0.05, 0.1) is 28.4 Å². The predicted molar refractivity (Wildman–Crippen MR) is 85.6 cm³/mol. The molecular formula is C15H17Cl2N3O. The molecule has 6 heteroatoms. The number of halogens is 2. The number of benzene rings is 1. The Morgan fingerprint density at radius 2 is 1.86 bits per heavy atom. The summed E-state index contributed by atoms with van der Waals surface area (Å²) in [5.41, 5.74) is 4.55. The summed E-state index contributed by atoms with van der Waals surface area (Å²) in [5, 5.41) is 0.989. The Balaban J connectivity index is 2.34. The van der Waals surface area contributed by atoms with Crippen molar-refractivity contribution in [3.8, 4) is 5.75 Å². The van der Waals surface area contributed by atoms with Crippen LogP contribution in [-0.4, -0.2) is 11.1 Å². The molecule has 0 saturated carbocycles. The molecule has 0 spiro atoms. The number of aromatic nitrogens is 1. The average Bonchev–Trinajstić information content (AvgIpc) is 2.43. The monoisotopic (exact) mass is 325 g/mol. The minimum Gasteiger partial charge on any atom is -0.489 e. The third-order valence-electron chi connectivity index (χ3n) is 2.88. The topological polar surface area (TPSA) is 60.2 Å². The lowest BCUT2D eigenvalue weighted by molar-refractivity contribution is 0.241. The zero-order chi connectivity index (χ0) is 15.4. The minimum absolute atomic E-state index is 0.0799. The van der Waals surface area contributed by atoms with E-state index in [2.05, 4.69) is 10.4 Å². The largest absolute Gasteiger partial charge is 0.489 e. The maximum atomic E-state index is 6.06. The molecular weight excluding hydrogens is 309 g/mol. The van der Waals surface area contributed by atoms with E-state index in [9.17, 15) is 0 Å². The van der Waals surface area contributed by atoms with E-state index in [1.807, 2.05) is 26.0 Å². The Morgan fingerprint density at radius 1 is 1.10 bits per heavy atom. The van der Waals surface area contributed by atoms with Crippen LogP contribution in [0.25, 0.3) is 0 Å². The van der Waals surface area contributed by atoms with Crippen molar-refractivity contribution in [3.05, 3.63) is 57.8 Å². The van der Waals surface area contributed by atoms with Crippen molar-refractivity contribution in [2.75, 3.05) is 0 Å². The molecule has 0 aliphatic heterocycles. The quantitative estimate of drug-likeness (QED) is 0.649. The third-order valence-corrected chi connectivity index (χ3v) is 3.62. The summed E-state index contributed by atoms with van der Waals surface area (Å²) < 4.78 is 5.65. The third kappa shape index (κ3) is 4.08. The summed E-state index contributed by atoms with van der Waals surface area (Å²) in [6, 6.07) is 7.05. The van der Waals surface area contributed by atoms with Gasteiger partial charge in [0.25, 0.3) is 0 Å². The molecule has 112 valence electrons. The van der Waals surface area contributed by atoms with Gasteiger partial charge in [0.1, 0.15) is 5.75 Å². The molecule has 1 unspecified atom stereocenters. The zero-order valence-electron chi connectivity index (χ0n) is 11.8. The molecule has 2 rings (SSSR count). The number of hydrogen-bond acceptors (Lipinski definition) is 4. The van der Waals surface area contributed by atoms with Gasteiger partial charge in [0, 0.05) is 6.20 Å². The number of nitrogens with zero attached hydrogens (tertiary/aromatic N) is 1. The fourth-order valence-corrected chi connectivity index (χ4v) is 2.31. The molecule has 0 saturated heterocycles. The first-order valence-corrected chi connectivity index (χ1v) is 7.29. The molecule has 0 fully saturated rings. The Labute approximate surface area is 134 Å². The summed E-state index contributed by atoms with van der Waals surface area (Å²) in [5.74, 6) is 6.38. The van der Waals surface area contributed by atoms with E-state index >= 15 is 0 Å². The van der Waals surface area contributed by atoms with Crippen molar-refractivity contribution >= 4 is 23.2 Å². The van der Waals surface area contributed by atoms with E-state index in [1.165, 1.54) is 0 Å². The lowest BCUT2D eigenvalue weighted by Gasteiger charge is -2.18. The maximum Gasteiger partial charge on any atom is 0.138 e. The maximum absolute atomic E-state index is 6.06. The smallest absolute Gasteiger partial charge is 0.138 e. The second-order valence-electron chi connectivity index (χ2n) is 4.89. The molecule has 0 bridgehead atoms. The first-order valence-electron chi connectivity index (χ1n) is 6.54. The lowest BCUT2D eigenvalue weighted by atomic mass is 10.0. The number of pyridine rings is 1. The molecule has 2 aromatic rings. The van der Waals surface area contributed by atoms with Crippen LogP contribution < -0.4 is 16.0 Å². The number of hydrogen-bond donors (Lipinski definition) is 2. The van der Waals surface area contributed by atoms with Gasteiger partial charge in [0.15, 0.2) is 0 Å². The highest BCUT2D eigenvalue weighted by molar-refractivity contribution is 6.42. The molecule has 21 heavy (non-hydrogen) atoms. The van der Waals surface area contributed by atoms with E-state index in [1.54, 1.807) is 24.5 Å². The van der Waals surface area contributed by atoms with Gasteiger partial charge in [0.2, 0.25) is 0 Å². The number of hydrazine groups is 1. The Morgan fingerprint density at radius 3 is 2.48 bits per heavy atom. The summed E-state index contributed by atoms with van der Waals surface area (Å²) in [7, 11) is 0. The van der Waals surface area contributed by atoms with Crippen molar-refractivity contribution in [1.29, 1.82) is 0 Å². The number of nitrogens with one attached hydrogen (secondary N) is 1. The van der Waals surface area contributed by atoms with Crippen molar-refractivity contribution in [2.45, 2.75) is 26.0 Å². The molecule has 3 N–H and O–H groups in total. The number of rotatable bonds is 5. The highest BCUT2D eigenvalue weighted by atomic mass is 35.5. The molecule has 0 amide bonds. The SMILES string of the molecule is CC(C)Oc1cncc(C(NN)c2ccc(Cl)c(Cl)c2)c1. The number of ether oxygens (including phenoxy) is 1. The van der Waals surface area contributed by atoms with Crippen LogP contribution in [0, 0.1) is 0 Å². The lowest BCUT2D eigenvalue weighted by Crippen LogP contribution is -2.29. The van der Waals surface area contributed by atoms with Crippen LogP contribution in [0.3, 0.4) is 0 Å². The Kier molecular flexibility index (Phi) is 5.42. The van der Waals surface area contributed by atoms with Gasteiger partial charge in [-0.3, -0.25) is 10.8 Å². The van der Waals surface area contributed by atoms with E-state index < -0.39 is 0 Å². The van der Waals surface area contributed by atoms with Gasteiger partial charge in [-0.15, -0.1) is 0 Å². The highest BCUT2D eigenvalue weighted by Gasteiger charge is 2.15. The summed E-state index contributed by atoms with van der Waals surface area (Å²) in [6.45, 7) is 3.93. The van der Waals surface area contributed by atoms with Crippen LogP contribution in [0.5, 0.6) is 5.75 Å². The van der Waals surface area contributed by atoms with Gasteiger partial charge >= 0.3 is 0 Å². The molecule has 4 nitrogen and oxygen atoms in total. The first-order chi connectivity index (χ1) is 10.0. The zero-order valence-corrected chi connectivity index (χ0v) is 13.3. The standard InChI is InChI=1S/C15H17Cl2N3O/c1-9(2)21-12-5-11(7-19-8-12)15(20-18)10-3-4-13(16)14(17)6-10/h3-9,15,20H,18H2,1-2H3. The summed E-state index contributed by atoms with van der Waals surface area (Å²) in [6.07, 6.45) is 3.49. The van der Waals surface area contributed by atoms with E-state index in [4.69, 9.17) is 33.8 Å². The average molecular weight is 326 g/mol. The van der Waals surface area contributed by atoms with Crippen LogP contribution in [-0.2, 0) is 0 Å².